The van der Waals surface area contributed by atoms with Crippen LogP contribution in [0.4, 0.5) is 5.82 Å². The number of nitrogens with one attached hydrogen (secondary N) is 1. The average Bonchev–Trinajstić information content (AvgIpc) is 3.16. The second-order valence-corrected chi connectivity index (χ2v) is 7.34. The molecule has 2 aromatic rings. The molecule has 7 nitrogen and oxygen atoms in total. The minimum atomic E-state index is 0.114. The lowest BCUT2D eigenvalue weighted by molar-refractivity contribution is -0.128. The first-order valence-electron chi connectivity index (χ1n) is 8.47. The van der Waals surface area contributed by atoms with Crippen molar-refractivity contribution in [1.82, 2.24) is 19.9 Å². The molecule has 0 radical (unpaired) electrons. The van der Waals surface area contributed by atoms with Gasteiger partial charge in [0.05, 0.1) is 16.4 Å². The molecular formula is C17H21N5O2S. The minimum Gasteiger partial charge on any atom is -0.381 e. The van der Waals surface area contributed by atoms with Gasteiger partial charge >= 0.3 is 0 Å². The summed E-state index contributed by atoms with van der Waals surface area (Å²) in [6.45, 7) is 2.33. The van der Waals surface area contributed by atoms with Gasteiger partial charge < -0.3 is 19.5 Å². The van der Waals surface area contributed by atoms with E-state index in [-0.39, 0.29) is 12.0 Å². The number of rotatable bonds is 3. The molecular weight excluding hydrogens is 338 g/mol. The molecule has 1 fully saturated rings. The topological polar surface area (TPSA) is 74.3 Å². The maximum atomic E-state index is 12.9. The van der Waals surface area contributed by atoms with Crippen LogP contribution in [0.3, 0.4) is 0 Å². The van der Waals surface area contributed by atoms with Crippen LogP contribution in [0.5, 0.6) is 0 Å². The number of aromatic nitrogens is 3. The van der Waals surface area contributed by atoms with Gasteiger partial charge in [-0.15, -0.1) is 11.8 Å². The summed E-state index contributed by atoms with van der Waals surface area (Å²) in [6.07, 6.45) is 7.43. The molecule has 25 heavy (non-hydrogen) atoms. The quantitative estimate of drug-likeness (QED) is 0.903. The molecule has 0 aliphatic carbocycles. The van der Waals surface area contributed by atoms with E-state index in [1.54, 1.807) is 25.2 Å². The van der Waals surface area contributed by atoms with Crippen molar-refractivity contribution < 1.29 is 9.53 Å². The Bertz CT molecular complexity index is 797. The van der Waals surface area contributed by atoms with Crippen molar-refractivity contribution in [2.75, 3.05) is 37.4 Å². The van der Waals surface area contributed by atoms with E-state index in [1.807, 2.05) is 23.4 Å². The van der Waals surface area contributed by atoms with E-state index in [9.17, 15) is 4.79 Å². The van der Waals surface area contributed by atoms with Gasteiger partial charge in [-0.1, -0.05) is 0 Å². The first kappa shape index (κ1) is 16.4. The number of aromatic amines is 1. The van der Waals surface area contributed by atoms with Crippen LogP contribution in [0.2, 0.25) is 0 Å². The van der Waals surface area contributed by atoms with Crippen molar-refractivity contribution in [1.29, 1.82) is 0 Å². The summed E-state index contributed by atoms with van der Waals surface area (Å²) in [5, 5.41) is 0.971. The van der Waals surface area contributed by atoms with Crippen molar-refractivity contribution in [3.05, 3.63) is 29.7 Å². The summed E-state index contributed by atoms with van der Waals surface area (Å²) < 4.78 is 5.39. The molecule has 1 amide bonds. The SMILES string of the molecule is COC1CCN(C(=O)C2=CN(c3ncnc4[nH]ccc34)CCS2)CC1. The molecule has 0 atom stereocenters. The highest BCUT2D eigenvalue weighted by molar-refractivity contribution is 8.04. The Labute approximate surface area is 150 Å². The lowest BCUT2D eigenvalue weighted by Gasteiger charge is -2.33. The summed E-state index contributed by atoms with van der Waals surface area (Å²) in [4.78, 5) is 29.4. The second-order valence-electron chi connectivity index (χ2n) is 6.20. The molecule has 2 aromatic heterocycles. The van der Waals surface area contributed by atoms with Gasteiger partial charge in [-0.05, 0) is 18.9 Å². The van der Waals surface area contributed by atoms with Crippen LogP contribution in [0, 0.1) is 0 Å². The summed E-state index contributed by atoms with van der Waals surface area (Å²) in [5.74, 6) is 1.82. The number of piperidine rings is 1. The van der Waals surface area contributed by atoms with Crippen LogP contribution in [0.15, 0.2) is 29.7 Å². The second kappa shape index (κ2) is 7.05. The molecule has 0 unspecified atom stereocenters. The zero-order chi connectivity index (χ0) is 17.2. The van der Waals surface area contributed by atoms with Crippen molar-refractivity contribution >= 4 is 34.5 Å². The number of nitrogens with zero attached hydrogens (tertiary/aromatic N) is 4. The Balaban J connectivity index is 1.54. The largest absolute Gasteiger partial charge is 0.381 e. The number of thioether (sulfide) groups is 1. The van der Waals surface area contributed by atoms with Gasteiger partial charge in [0.25, 0.3) is 5.91 Å². The maximum absolute atomic E-state index is 12.9. The van der Waals surface area contributed by atoms with E-state index in [2.05, 4.69) is 19.9 Å². The third-order valence-corrected chi connectivity index (χ3v) is 5.72. The predicted molar refractivity (Wildman–Crippen MR) is 98.4 cm³/mol. The molecule has 2 aliphatic heterocycles. The summed E-state index contributed by atoms with van der Waals surface area (Å²) in [7, 11) is 1.74. The minimum absolute atomic E-state index is 0.114. The average molecular weight is 359 g/mol. The monoisotopic (exact) mass is 359 g/mol. The zero-order valence-electron chi connectivity index (χ0n) is 14.1. The van der Waals surface area contributed by atoms with Crippen LogP contribution in [-0.4, -0.2) is 64.4 Å². The summed E-state index contributed by atoms with van der Waals surface area (Å²) in [6, 6.07) is 1.97. The highest BCUT2D eigenvalue weighted by Gasteiger charge is 2.27. The van der Waals surface area contributed by atoms with E-state index in [4.69, 9.17) is 4.74 Å². The number of likely N-dealkylation sites (tertiary alicyclic amines) is 1. The van der Waals surface area contributed by atoms with Crippen LogP contribution >= 0.6 is 11.8 Å². The van der Waals surface area contributed by atoms with E-state index in [0.29, 0.717) is 0 Å². The number of H-pyrrole nitrogens is 1. The lowest BCUT2D eigenvalue weighted by atomic mass is 10.1. The molecule has 0 aromatic carbocycles. The molecule has 8 heteroatoms. The Morgan fingerprint density at radius 2 is 2.16 bits per heavy atom. The van der Waals surface area contributed by atoms with Crippen LogP contribution in [0.1, 0.15) is 12.8 Å². The first-order chi connectivity index (χ1) is 12.3. The number of carbonyl (C=O) groups excluding carboxylic acids is 1. The maximum Gasteiger partial charge on any atom is 0.261 e. The van der Waals surface area contributed by atoms with Crippen molar-refractivity contribution in [2.24, 2.45) is 0 Å². The van der Waals surface area contributed by atoms with Crippen molar-refractivity contribution in [3.8, 4) is 0 Å². The van der Waals surface area contributed by atoms with Gasteiger partial charge in [-0.3, -0.25) is 4.79 Å². The lowest BCUT2D eigenvalue weighted by Crippen LogP contribution is -2.42. The van der Waals surface area contributed by atoms with Crippen LogP contribution < -0.4 is 4.90 Å². The number of ether oxygens (including phenoxy) is 1. The van der Waals surface area contributed by atoms with Crippen molar-refractivity contribution in [2.45, 2.75) is 18.9 Å². The molecule has 0 saturated carbocycles. The smallest absolute Gasteiger partial charge is 0.261 e. The highest BCUT2D eigenvalue weighted by atomic mass is 32.2. The standard InChI is InChI=1S/C17H21N5O2S/c1-24-12-3-6-21(7-4-12)17(23)14-10-22(8-9-25-14)16-13-2-5-18-15(13)19-11-20-16/h2,5,10-12H,3-4,6-9H2,1H3,(H,18,19,20). The highest BCUT2D eigenvalue weighted by Crippen LogP contribution is 2.30. The number of methoxy groups -OCH3 is 1. The van der Waals surface area contributed by atoms with Crippen molar-refractivity contribution in [3.63, 3.8) is 0 Å². The predicted octanol–water partition coefficient (Wildman–Crippen LogP) is 1.99. The Morgan fingerprint density at radius 1 is 1.32 bits per heavy atom. The number of carbonyl (C=O) groups is 1. The number of anilines is 1. The van der Waals surface area contributed by atoms with Gasteiger partial charge in [0.15, 0.2) is 0 Å². The van der Waals surface area contributed by atoms with Crippen LogP contribution in [0.25, 0.3) is 11.0 Å². The summed E-state index contributed by atoms with van der Waals surface area (Å²) >= 11 is 1.62. The molecule has 4 rings (SSSR count). The van der Waals surface area contributed by atoms with E-state index >= 15 is 0 Å². The Morgan fingerprint density at radius 3 is 2.96 bits per heavy atom. The fraction of sp³-hybridized carbons (Fsp3) is 0.471. The van der Waals surface area contributed by atoms with E-state index in [1.165, 1.54) is 0 Å². The number of amides is 1. The van der Waals surface area contributed by atoms with Gasteiger partial charge in [0.1, 0.15) is 17.8 Å². The van der Waals surface area contributed by atoms with Gasteiger partial charge in [-0.25, -0.2) is 9.97 Å². The summed E-state index contributed by atoms with van der Waals surface area (Å²) in [5.41, 5.74) is 0.811. The van der Waals surface area contributed by atoms with Gasteiger partial charge in [0.2, 0.25) is 0 Å². The fourth-order valence-corrected chi connectivity index (χ4v) is 4.28. The molecule has 132 valence electrons. The molecule has 0 bridgehead atoms. The third kappa shape index (κ3) is 3.23. The Hall–Kier alpha value is -2.06. The van der Waals surface area contributed by atoms with Gasteiger partial charge in [-0.2, -0.15) is 0 Å². The molecule has 0 spiro atoms. The molecule has 1 saturated heterocycles. The van der Waals surface area contributed by atoms with Crippen LogP contribution in [-0.2, 0) is 9.53 Å². The van der Waals surface area contributed by atoms with E-state index < -0.39 is 0 Å². The molecule has 4 heterocycles. The van der Waals surface area contributed by atoms with E-state index in [0.717, 1.165) is 60.0 Å². The first-order valence-corrected chi connectivity index (χ1v) is 9.46. The number of hydrogen-bond acceptors (Lipinski definition) is 6. The van der Waals surface area contributed by atoms with Gasteiger partial charge in [0, 0.05) is 44.9 Å². The zero-order valence-corrected chi connectivity index (χ0v) is 15.0. The Kier molecular flexibility index (Phi) is 4.63. The fourth-order valence-electron chi connectivity index (χ4n) is 3.32. The third-order valence-electron chi connectivity index (χ3n) is 4.74. The normalized spacial score (nSPS) is 19.3. The molecule has 1 N–H and O–H groups in total. The number of fused-ring (bicyclic) bond motifs is 1. The molecule has 2 aliphatic rings. The number of hydrogen-bond donors (Lipinski definition) is 1.